The lowest BCUT2D eigenvalue weighted by Crippen LogP contribution is -2.49. The summed E-state index contributed by atoms with van der Waals surface area (Å²) in [5, 5.41) is 6.74. The lowest BCUT2D eigenvalue weighted by Gasteiger charge is -2.35. The highest BCUT2D eigenvalue weighted by molar-refractivity contribution is 7.80. The number of thiocarbonyl (C=S) groups is 1. The van der Waals surface area contributed by atoms with Crippen LogP contribution < -0.4 is 20.1 Å². The molecule has 26 heavy (non-hydrogen) atoms. The first-order chi connectivity index (χ1) is 12.6. The molecule has 0 bridgehead atoms. The van der Waals surface area contributed by atoms with Gasteiger partial charge in [0.05, 0.1) is 39.0 Å². The molecule has 2 aliphatic rings. The molecule has 2 aliphatic heterocycles. The van der Waals surface area contributed by atoms with E-state index in [1.54, 1.807) is 19.1 Å². The zero-order chi connectivity index (χ0) is 18.7. The maximum Gasteiger partial charge on any atom is 0.254 e. The molecule has 0 aliphatic carbocycles. The van der Waals surface area contributed by atoms with Crippen LogP contribution in [0, 0.1) is 0 Å². The lowest BCUT2D eigenvalue weighted by molar-refractivity contribution is -0.131. The Kier molecular flexibility index (Phi) is 5.63. The van der Waals surface area contributed by atoms with Crippen molar-refractivity contribution in [3.05, 3.63) is 35.0 Å². The van der Waals surface area contributed by atoms with E-state index in [0.29, 0.717) is 48.5 Å². The van der Waals surface area contributed by atoms with E-state index in [4.69, 9.17) is 26.4 Å². The number of benzene rings is 1. The van der Waals surface area contributed by atoms with E-state index < -0.39 is 6.04 Å². The molecule has 0 radical (unpaired) electrons. The number of ether oxygens (including phenoxy) is 3. The van der Waals surface area contributed by atoms with Gasteiger partial charge in [-0.25, -0.2) is 0 Å². The van der Waals surface area contributed by atoms with Crippen molar-refractivity contribution in [1.29, 1.82) is 0 Å². The monoisotopic (exact) mass is 377 g/mol. The summed E-state index contributed by atoms with van der Waals surface area (Å²) < 4.78 is 16.3. The normalized spacial score (nSPS) is 20.3. The molecule has 2 heterocycles. The molecule has 1 aromatic carbocycles. The maximum absolute atomic E-state index is 13.2. The molecule has 0 saturated carbocycles. The number of para-hydroxylation sites is 1. The summed E-state index contributed by atoms with van der Waals surface area (Å²) in [6.45, 7) is 4.10. The average molecular weight is 377 g/mol. The highest BCUT2D eigenvalue weighted by Crippen LogP contribution is 2.39. The zero-order valence-electron chi connectivity index (χ0n) is 15.1. The van der Waals surface area contributed by atoms with Gasteiger partial charge in [-0.1, -0.05) is 12.1 Å². The van der Waals surface area contributed by atoms with Gasteiger partial charge >= 0.3 is 0 Å². The van der Waals surface area contributed by atoms with Crippen LogP contribution in [0.15, 0.2) is 29.5 Å². The number of carbonyl (C=O) groups is 1. The summed E-state index contributed by atoms with van der Waals surface area (Å²) in [4.78, 5) is 15.0. The number of nitrogens with zero attached hydrogens (tertiary/aromatic N) is 1. The van der Waals surface area contributed by atoms with Gasteiger partial charge in [0.15, 0.2) is 16.6 Å². The number of amides is 1. The molecule has 0 spiro atoms. The summed E-state index contributed by atoms with van der Waals surface area (Å²) >= 11 is 5.32. The van der Waals surface area contributed by atoms with Crippen molar-refractivity contribution in [1.82, 2.24) is 15.5 Å². The van der Waals surface area contributed by atoms with Crippen LogP contribution in [-0.2, 0) is 9.53 Å². The smallest absolute Gasteiger partial charge is 0.254 e. The highest BCUT2D eigenvalue weighted by Gasteiger charge is 2.35. The number of allylic oxidation sites excluding steroid dienone is 1. The molecule has 140 valence electrons. The molecule has 2 N–H and O–H groups in total. The lowest BCUT2D eigenvalue weighted by atomic mass is 9.93. The van der Waals surface area contributed by atoms with E-state index in [1.165, 1.54) is 0 Å². The Morgan fingerprint density at radius 2 is 2.00 bits per heavy atom. The molecule has 1 aromatic rings. The number of rotatable bonds is 4. The third-order valence-electron chi connectivity index (χ3n) is 4.54. The fraction of sp³-hybridized carbons (Fsp3) is 0.444. The zero-order valence-corrected chi connectivity index (χ0v) is 15.9. The number of methoxy groups -OCH3 is 2. The number of nitrogens with one attached hydrogen (secondary N) is 2. The van der Waals surface area contributed by atoms with Crippen LogP contribution in [-0.4, -0.2) is 56.4 Å². The molecule has 7 nitrogen and oxygen atoms in total. The molecule has 1 atom stereocenters. The number of hydrogen-bond acceptors (Lipinski definition) is 5. The Labute approximate surface area is 158 Å². The van der Waals surface area contributed by atoms with Gasteiger partial charge in [-0.2, -0.15) is 0 Å². The first-order valence-corrected chi connectivity index (χ1v) is 8.83. The molecule has 0 aromatic heterocycles. The van der Waals surface area contributed by atoms with Gasteiger partial charge in [0.25, 0.3) is 5.91 Å². The fourth-order valence-electron chi connectivity index (χ4n) is 3.29. The fourth-order valence-corrected chi connectivity index (χ4v) is 3.56. The van der Waals surface area contributed by atoms with Crippen molar-refractivity contribution in [2.24, 2.45) is 0 Å². The van der Waals surface area contributed by atoms with Gasteiger partial charge in [-0.3, -0.25) is 4.79 Å². The van der Waals surface area contributed by atoms with Gasteiger partial charge in [0.1, 0.15) is 0 Å². The van der Waals surface area contributed by atoms with Gasteiger partial charge in [-0.05, 0) is 25.2 Å². The van der Waals surface area contributed by atoms with Crippen LogP contribution in [0.3, 0.4) is 0 Å². The largest absolute Gasteiger partial charge is 0.493 e. The van der Waals surface area contributed by atoms with Crippen LogP contribution in [0.1, 0.15) is 18.5 Å². The quantitative estimate of drug-likeness (QED) is 0.768. The first kappa shape index (κ1) is 18.5. The molecule has 1 saturated heterocycles. The Morgan fingerprint density at radius 1 is 1.27 bits per heavy atom. The van der Waals surface area contributed by atoms with E-state index >= 15 is 0 Å². The number of morpholine rings is 1. The SMILES string of the molecule is COc1cccc([C@@H]2NC(=S)NC(C)=C2C(=O)N2CCOCC2)c1OC. The molecule has 0 unspecified atom stereocenters. The van der Waals surface area contributed by atoms with Crippen molar-refractivity contribution in [3.8, 4) is 11.5 Å². The first-order valence-electron chi connectivity index (χ1n) is 8.43. The highest BCUT2D eigenvalue weighted by atomic mass is 32.1. The Bertz CT molecular complexity index is 744. The molecule has 1 fully saturated rings. The van der Waals surface area contributed by atoms with Gasteiger partial charge < -0.3 is 29.7 Å². The Balaban J connectivity index is 2.05. The molecule has 3 rings (SSSR count). The van der Waals surface area contributed by atoms with E-state index in [9.17, 15) is 4.79 Å². The summed E-state index contributed by atoms with van der Waals surface area (Å²) in [6.07, 6.45) is 0. The summed E-state index contributed by atoms with van der Waals surface area (Å²) in [7, 11) is 3.17. The second-order valence-electron chi connectivity index (χ2n) is 6.06. The second kappa shape index (κ2) is 7.92. The number of hydrogen-bond donors (Lipinski definition) is 2. The van der Waals surface area contributed by atoms with E-state index in [-0.39, 0.29) is 5.91 Å². The van der Waals surface area contributed by atoms with Crippen LogP contribution in [0.4, 0.5) is 0 Å². The average Bonchev–Trinajstić information content (AvgIpc) is 2.66. The van der Waals surface area contributed by atoms with Crippen molar-refractivity contribution in [3.63, 3.8) is 0 Å². The van der Waals surface area contributed by atoms with Crippen LogP contribution in [0.2, 0.25) is 0 Å². The van der Waals surface area contributed by atoms with Gasteiger partial charge in [0.2, 0.25) is 0 Å². The van der Waals surface area contributed by atoms with Gasteiger partial charge in [0, 0.05) is 24.4 Å². The summed E-state index contributed by atoms with van der Waals surface area (Å²) in [6, 6.07) is 5.17. The van der Waals surface area contributed by atoms with Crippen LogP contribution in [0.25, 0.3) is 0 Å². The molecule has 8 heteroatoms. The second-order valence-corrected chi connectivity index (χ2v) is 6.47. The molecular weight excluding hydrogens is 354 g/mol. The Hall–Kier alpha value is -2.32. The standard InChI is InChI=1S/C18H23N3O4S/c1-11-14(17(22)21-7-9-25-10-8-21)15(20-18(26)19-11)12-5-4-6-13(23-2)16(12)24-3/h4-6,15H,7-10H2,1-3H3,(H2,19,20,26)/t15-/m0/s1. The van der Waals surface area contributed by atoms with E-state index in [1.807, 2.05) is 25.1 Å². The van der Waals surface area contributed by atoms with E-state index in [0.717, 1.165) is 11.3 Å². The Morgan fingerprint density at radius 3 is 2.65 bits per heavy atom. The van der Waals surface area contributed by atoms with Crippen molar-refractivity contribution < 1.29 is 19.0 Å². The van der Waals surface area contributed by atoms with Crippen molar-refractivity contribution in [2.75, 3.05) is 40.5 Å². The molecular formula is C18H23N3O4S. The minimum absolute atomic E-state index is 0.0387. The minimum Gasteiger partial charge on any atom is -0.493 e. The molecule has 1 amide bonds. The third kappa shape index (κ3) is 3.47. The van der Waals surface area contributed by atoms with Crippen molar-refractivity contribution in [2.45, 2.75) is 13.0 Å². The van der Waals surface area contributed by atoms with E-state index in [2.05, 4.69) is 10.6 Å². The van der Waals surface area contributed by atoms with Crippen molar-refractivity contribution >= 4 is 23.2 Å². The summed E-state index contributed by atoms with van der Waals surface area (Å²) in [5.41, 5.74) is 2.15. The predicted octanol–water partition coefficient (Wildman–Crippen LogP) is 1.36. The predicted molar refractivity (Wildman–Crippen MR) is 101 cm³/mol. The maximum atomic E-state index is 13.2. The van der Waals surface area contributed by atoms with Gasteiger partial charge in [-0.15, -0.1) is 0 Å². The summed E-state index contributed by atoms with van der Waals surface area (Å²) in [5.74, 6) is 1.15. The van der Waals surface area contributed by atoms with Crippen LogP contribution in [0.5, 0.6) is 11.5 Å². The number of carbonyl (C=O) groups excluding carboxylic acids is 1. The topological polar surface area (TPSA) is 72.1 Å². The van der Waals surface area contributed by atoms with Crippen LogP contribution >= 0.6 is 12.2 Å². The minimum atomic E-state index is -0.427. The third-order valence-corrected chi connectivity index (χ3v) is 4.76.